The molecule has 0 atom stereocenters. The van der Waals surface area contributed by atoms with Gasteiger partial charge < -0.3 is 20.2 Å². The van der Waals surface area contributed by atoms with Gasteiger partial charge in [0.2, 0.25) is 0 Å². The van der Waals surface area contributed by atoms with Gasteiger partial charge in [0, 0.05) is 33.8 Å². The molecule has 10 heteroatoms. The Morgan fingerprint density at radius 1 is 1.00 bits per heavy atom. The van der Waals surface area contributed by atoms with Gasteiger partial charge in [-0.3, -0.25) is 0 Å². The number of rotatable bonds is 0. The molecule has 0 aromatic heterocycles. The van der Waals surface area contributed by atoms with Gasteiger partial charge in [-0.15, -0.1) is 0 Å². The van der Waals surface area contributed by atoms with Crippen LogP contribution in [-0.4, -0.2) is 57.9 Å². The zero-order valence-electron chi connectivity index (χ0n) is 3.38. The molecular weight excluding hydrogens is 240 g/mol. The van der Waals surface area contributed by atoms with Gasteiger partial charge in [-0.05, 0) is 0 Å². The van der Waals surface area contributed by atoms with Crippen LogP contribution in [0.1, 0.15) is 0 Å². The molecule has 0 saturated heterocycles. The Labute approximate surface area is 103 Å². The van der Waals surface area contributed by atoms with Crippen molar-refractivity contribution in [2.24, 2.45) is 0 Å². The SMILES string of the molecule is O.O=P(O)(O)O.[Co].[Fe].[LiH].[LiH]. The summed E-state index contributed by atoms with van der Waals surface area (Å²) in [5.74, 6) is 0. The molecule has 0 bridgehead atoms. The molecule has 0 fully saturated rings. The Balaban J connectivity index is -0.00000000800. The Hall–Kier alpha value is 2.29. The van der Waals surface area contributed by atoms with Crippen LogP contribution in [0.15, 0.2) is 0 Å². The first-order chi connectivity index (χ1) is 2.00. The zero-order valence-corrected chi connectivity index (χ0v) is 6.42. The van der Waals surface area contributed by atoms with Gasteiger partial charge in [0.1, 0.15) is 0 Å². The summed E-state index contributed by atoms with van der Waals surface area (Å²) in [6.45, 7) is 0. The third-order valence-corrected chi connectivity index (χ3v) is 0. The van der Waals surface area contributed by atoms with Gasteiger partial charge in [0.15, 0.2) is 0 Å². The summed E-state index contributed by atoms with van der Waals surface area (Å²) in [6, 6.07) is 0. The van der Waals surface area contributed by atoms with Crippen molar-refractivity contribution in [3.05, 3.63) is 0 Å². The average Bonchev–Trinajstić information content (AvgIpc) is 0.722. The van der Waals surface area contributed by atoms with Crippen LogP contribution in [0.4, 0.5) is 0 Å². The summed E-state index contributed by atoms with van der Waals surface area (Å²) < 4.78 is 8.88. The second-order valence-corrected chi connectivity index (χ2v) is 1.54. The summed E-state index contributed by atoms with van der Waals surface area (Å²) >= 11 is 0. The predicted molar refractivity (Wildman–Crippen MR) is 32.2 cm³/mol. The molecule has 61 valence electrons. The quantitative estimate of drug-likeness (QED) is 0.312. The molecule has 0 amide bonds. The van der Waals surface area contributed by atoms with Crippen LogP contribution >= 0.6 is 7.82 Å². The molecule has 0 unspecified atom stereocenters. The molecule has 0 aliphatic heterocycles. The number of phosphoric acid groups is 1. The van der Waals surface area contributed by atoms with Crippen molar-refractivity contribution >= 4 is 45.5 Å². The van der Waals surface area contributed by atoms with E-state index in [1.54, 1.807) is 0 Å². The number of hydrogen-bond acceptors (Lipinski definition) is 1. The van der Waals surface area contributed by atoms with E-state index < -0.39 is 7.82 Å². The molecule has 1 radical (unpaired) electrons. The first-order valence-corrected chi connectivity index (χ1v) is 2.35. The summed E-state index contributed by atoms with van der Waals surface area (Å²) in [5.41, 5.74) is 0. The Morgan fingerprint density at radius 2 is 1.00 bits per heavy atom. The van der Waals surface area contributed by atoms with E-state index in [-0.39, 0.29) is 77.0 Å². The monoisotopic (exact) mass is 247 g/mol. The maximum atomic E-state index is 8.88. The molecule has 10 heavy (non-hydrogen) atoms. The van der Waals surface area contributed by atoms with Crippen LogP contribution in [0.3, 0.4) is 0 Å². The van der Waals surface area contributed by atoms with Gasteiger partial charge in [0.05, 0.1) is 0 Å². The molecule has 0 aliphatic carbocycles. The first-order valence-electron chi connectivity index (χ1n) is 0.783. The minimum absolute atomic E-state index is 0. The standard InChI is InChI=1S/Co.Fe.2Li.H3O4P.H2O.2H/c;;;;1-5(2,3)4;;;/h;;;;(H3,1,2,3,4);1H2;;. The van der Waals surface area contributed by atoms with Crippen LogP contribution in [0.5, 0.6) is 0 Å². The third kappa shape index (κ3) is 169. The second kappa shape index (κ2) is 17.4. The van der Waals surface area contributed by atoms with Crippen molar-refractivity contribution in [1.29, 1.82) is 0 Å². The molecule has 0 heterocycles. The molecule has 0 saturated carbocycles. The Morgan fingerprint density at radius 3 is 1.00 bits per heavy atom. The van der Waals surface area contributed by atoms with E-state index in [1.165, 1.54) is 0 Å². The van der Waals surface area contributed by atoms with E-state index in [9.17, 15) is 0 Å². The summed E-state index contributed by atoms with van der Waals surface area (Å²) in [6.07, 6.45) is 0. The Kier molecular flexibility index (Phi) is 68.9. The third-order valence-electron chi connectivity index (χ3n) is 0. The molecule has 5 nitrogen and oxygen atoms in total. The van der Waals surface area contributed by atoms with Crippen molar-refractivity contribution in [1.82, 2.24) is 0 Å². The van der Waals surface area contributed by atoms with E-state index >= 15 is 0 Å². The van der Waals surface area contributed by atoms with Crippen molar-refractivity contribution in [3.63, 3.8) is 0 Å². The molecule has 0 aromatic carbocycles. The van der Waals surface area contributed by atoms with E-state index in [2.05, 4.69) is 0 Å². The van der Waals surface area contributed by atoms with Gasteiger partial charge in [0.25, 0.3) is 0 Å². The average molecular weight is 247 g/mol. The second-order valence-electron chi connectivity index (χ2n) is 0.513. The van der Waals surface area contributed by atoms with Crippen LogP contribution in [0.2, 0.25) is 0 Å². The zero-order chi connectivity index (χ0) is 4.50. The summed E-state index contributed by atoms with van der Waals surface area (Å²) in [5, 5.41) is 0. The maximum absolute atomic E-state index is 8.88. The fourth-order valence-corrected chi connectivity index (χ4v) is 0. The summed E-state index contributed by atoms with van der Waals surface area (Å²) in [7, 11) is -4.64. The molecular formula is H7CoFeLi2O5P. The van der Waals surface area contributed by atoms with E-state index in [4.69, 9.17) is 19.2 Å². The molecule has 0 spiro atoms. The van der Waals surface area contributed by atoms with Gasteiger partial charge in [-0.2, -0.15) is 0 Å². The first kappa shape index (κ1) is 39.6. The van der Waals surface area contributed by atoms with Crippen LogP contribution < -0.4 is 0 Å². The van der Waals surface area contributed by atoms with Crippen molar-refractivity contribution in [3.8, 4) is 0 Å². The molecule has 5 N–H and O–H groups in total. The van der Waals surface area contributed by atoms with Gasteiger partial charge in [-0.1, -0.05) is 0 Å². The Bertz CT molecular complexity index is 65.8. The van der Waals surface area contributed by atoms with Crippen LogP contribution in [-0.2, 0) is 38.4 Å². The van der Waals surface area contributed by atoms with E-state index in [0.29, 0.717) is 0 Å². The van der Waals surface area contributed by atoms with Crippen molar-refractivity contribution in [2.45, 2.75) is 0 Å². The minimum atomic E-state index is -4.64. The fraction of sp³-hybridized carbons (Fsp3) is 0. The van der Waals surface area contributed by atoms with Crippen LogP contribution in [0.25, 0.3) is 0 Å². The van der Waals surface area contributed by atoms with Crippen molar-refractivity contribution < 1.29 is 58.6 Å². The molecule has 0 rings (SSSR count). The topological polar surface area (TPSA) is 109 Å². The summed E-state index contributed by atoms with van der Waals surface area (Å²) in [4.78, 5) is 21.6. The normalized spacial score (nSPS) is 5.90. The fourth-order valence-electron chi connectivity index (χ4n) is 0. The van der Waals surface area contributed by atoms with Crippen LogP contribution in [0, 0.1) is 0 Å². The predicted octanol–water partition coefficient (Wildman–Crippen LogP) is -3.06. The van der Waals surface area contributed by atoms with Gasteiger partial charge in [-0.25, -0.2) is 4.57 Å². The molecule has 0 aromatic rings. The van der Waals surface area contributed by atoms with E-state index in [0.717, 1.165) is 0 Å². The van der Waals surface area contributed by atoms with E-state index in [1.807, 2.05) is 0 Å². The number of hydrogen-bond donors (Lipinski definition) is 3. The molecule has 0 aliphatic rings. The van der Waals surface area contributed by atoms with Crippen molar-refractivity contribution in [2.75, 3.05) is 0 Å². The van der Waals surface area contributed by atoms with Gasteiger partial charge >= 0.3 is 45.5 Å².